The number of aromatic amines is 1. The first-order valence-electron chi connectivity index (χ1n) is 22.4. The van der Waals surface area contributed by atoms with E-state index < -0.39 is 53.0 Å². The van der Waals surface area contributed by atoms with E-state index in [9.17, 15) is 19.2 Å². The summed E-state index contributed by atoms with van der Waals surface area (Å²) in [5.41, 5.74) is 0.630. The number of methoxy groups -OCH3 is 2. The molecule has 340 valence electrons. The number of carbonyl (C=O) groups is 4. The third-order valence-electron chi connectivity index (χ3n) is 14.9. The third-order valence-corrected chi connectivity index (χ3v) is 14.9. The number of carbonyl (C=O) groups excluding carboxylic acids is 4. The van der Waals surface area contributed by atoms with Gasteiger partial charge in [-0.3, -0.25) is 19.4 Å². The number of nitrogens with one attached hydrogen (secondary N) is 2. The highest BCUT2D eigenvalue weighted by Gasteiger charge is 2.63. The van der Waals surface area contributed by atoms with Gasteiger partial charge in [0.05, 0.1) is 50.5 Å². The van der Waals surface area contributed by atoms with Gasteiger partial charge >= 0.3 is 23.9 Å². The van der Waals surface area contributed by atoms with Gasteiger partial charge in [0.2, 0.25) is 11.8 Å². The molecule has 2 saturated carbocycles. The van der Waals surface area contributed by atoms with Crippen LogP contribution in [0.25, 0.3) is 28.0 Å². The maximum absolute atomic E-state index is 16.3. The first-order valence-corrected chi connectivity index (χ1v) is 22.4. The minimum atomic E-state index is -4.58. The van der Waals surface area contributed by atoms with Crippen LogP contribution in [0.2, 0.25) is 0 Å². The molecule has 1 aromatic heterocycles. The van der Waals surface area contributed by atoms with Crippen molar-refractivity contribution in [3.05, 3.63) is 71.3 Å². The number of rotatable bonds is 11. The number of benzene rings is 2. The van der Waals surface area contributed by atoms with Crippen molar-refractivity contribution in [3.63, 3.8) is 0 Å². The summed E-state index contributed by atoms with van der Waals surface area (Å²) in [6.45, 7) is 7.46. The zero-order valence-electron chi connectivity index (χ0n) is 36.8. The summed E-state index contributed by atoms with van der Waals surface area (Å²) in [5.74, 6) is -10.2. The van der Waals surface area contributed by atoms with Crippen molar-refractivity contribution >= 4 is 35.2 Å². The number of amides is 3. The Labute approximate surface area is 369 Å². The number of ether oxygens (including phenoxy) is 2. The Kier molecular flexibility index (Phi) is 11.0. The summed E-state index contributed by atoms with van der Waals surface area (Å²) in [6.07, 6.45) is 7.57. The van der Waals surface area contributed by atoms with Crippen molar-refractivity contribution in [3.8, 4) is 22.4 Å². The van der Waals surface area contributed by atoms with E-state index in [4.69, 9.17) is 14.5 Å². The van der Waals surface area contributed by atoms with Crippen molar-refractivity contribution < 1.29 is 46.2 Å². The molecule has 64 heavy (non-hydrogen) atoms. The van der Waals surface area contributed by atoms with Crippen LogP contribution in [0.1, 0.15) is 108 Å². The first kappa shape index (κ1) is 43.7. The van der Waals surface area contributed by atoms with Gasteiger partial charge in [-0.2, -0.15) is 17.6 Å². The maximum atomic E-state index is 16.3. The average Bonchev–Trinajstić information content (AvgIpc) is 4.15. The molecule has 3 amide bonds. The number of aliphatic imine (C=N–C) groups is 1. The lowest BCUT2D eigenvalue weighted by atomic mass is 9.78. The molecule has 2 aromatic carbocycles. The van der Waals surface area contributed by atoms with Crippen molar-refractivity contribution in [2.24, 2.45) is 34.6 Å². The Balaban J connectivity index is 0.963. The van der Waals surface area contributed by atoms with Crippen LogP contribution >= 0.6 is 0 Å². The number of hydrogen-bond donors (Lipinski definition) is 2. The van der Waals surface area contributed by atoms with Crippen LogP contribution in [-0.4, -0.2) is 87.7 Å². The lowest BCUT2D eigenvalue weighted by Crippen LogP contribution is -2.54. The van der Waals surface area contributed by atoms with Crippen molar-refractivity contribution in [2.75, 3.05) is 14.2 Å². The van der Waals surface area contributed by atoms with E-state index in [-0.39, 0.29) is 83.1 Å². The molecule has 6 aliphatic rings. The van der Waals surface area contributed by atoms with Crippen LogP contribution in [0, 0.1) is 29.6 Å². The van der Waals surface area contributed by atoms with Gasteiger partial charge in [0, 0.05) is 47.1 Å². The van der Waals surface area contributed by atoms with Crippen LogP contribution in [-0.2, 0) is 35.7 Å². The number of alkyl carbamates (subject to hydrolysis) is 1. The second-order valence-corrected chi connectivity index (χ2v) is 19.1. The molecule has 4 heterocycles. The Morgan fingerprint density at radius 3 is 1.98 bits per heavy atom. The molecule has 1 unspecified atom stereocenters. The Morgan fingerprint density at radius 2 is 1.39 bits per heavy atom. The van der Waals surface area contributed by atoms with Crippen LogP contribution in [0.3, 0.4) is 0 Å². The molecule has 9 rings (SSSR count). The zero-order valence-corrected chi connectivity index (χ0v) is 36.8. The molecular formula is C48H54F4N6O6. The monoisotopic (exact) mass is 886 g/mol. The standard InChI is InChI=1S/C48H54F4N6O6/c1-23(2)34(20-39(59)63-5)44(60)57-30-11-7-27(15-30)41(57)37-19-29(21-53-37)25-9-13-32-33-14-10-26(18-36(33)48(51,52)47(49,50)35(32)17-25)38-22-54-43(55-38)42-28-8-12-31(16-28)58(42)45(61)40(24(3)4)56-46(62)64-6/h9-10,13-14,17-18,21-24,27-28,30-31,34,40-42H,7-8,11-12,15-16,19-20H2,1-6H3,(H,54,55)(H,56,62)/t27-,28-,30+,31+,34-,40-,41-,42?/m0/s1. The number of esters is 1. The first-order chi connectivity index (χ1) is 30.4. The van der Waals surface area contributed by atoms with E-state index in [0.717, 1.165) is 56.4 Å². The number of H-pyrrole nitrogens is 1. The van der Waals surface area contributed by atoms with E-state index in [1.165, 1.54) is 32.5 Å². The molecule has 2 saturated heterocycles. The van der Waals surface area contributed by atoms with Gasteiger partial charge in [-0.15, -0.1) is 0 Å². The highest BCUT2D eigenvalue weighted by molar-refractivity contribution is 6.04. The minimum Gasteiger partial charge on any atom is -0.469 e. The third kappa shape index (κ3) is 7.00. The lowest BCUT2D eigenvalue weighted by molar-refractivity contribution is -0.225. The molecule has 12 nitrogen and oxygen atoms in total. The fraction of sp³-hybridized carbons (Fsp3) is 0.542. The van der Waals surface area contributed by atoms with Crippen LogP contribution in [0.15, 0.2) is 53.8 Å². The van der Waals surface area contributed by atoms with Crippen molar-refractivity contribution in [2.45, 2.75) is 121 Å². The minimum absolute atomic E-state index is 0.00197. The van der Waals surface area contributed by atoms with E-state index >= 15 is 17.6 Å². The van der Waals surface area contributed by atoms with E-state index in [1.54, 1.807) is 23.2 Å². The number of nitrogens with zero attached hydrogens (tertiary/aromatic N) is 4. The molecule has 3 aliphatic carbocycles. The summed E-state index contributed by atoms with van der Waals surface area (Å²) in [5, 5.41) is 2.66. The number of aromatic nitrogens is 2. The SMILES string of the molecule is COC(=O)C[C@H](C(=O)N1[C@@H]2CC[C@@H](C2)[C@H]1C1=NC=C(c2ccc3c(c2)C(F)(F)C(F)(F)c2cc(-c4cnc(C5[C@H]6CC[C@H](C6)N5C(=O)[C@@H](NC(=O)OC)C(C)C)[nH]4)ccc2-3)C1)C(C)C. The quantitative estimate of drug-likeness (QED) is 0.145. The Bertz CT molecular complexity index is 2460. The predicted molar refractivity (Wildman–Crippen MR) is 229 cm³/mol. The van der Waals surface area contributed by atoms with Gasteiger partial charge in [-0.1, -0.05) is 52.0 Å². The van der Waals surface area contributed by atoms with Gasteiger partial charge in [0.25, 0.3) is 0 Å². The topological polar surface area (TPSA) is 146 Å². The highest BCUT2D eigenvalue weighted by Crippen LogP contribution is 2.59. The van der Waals surface area contributed by atoms with Gasteiger partial charge < -0.3 is 29.6 Å². The summed E-state index contributed by atoms with van der Waals surface area (Å²) in [6, 6.07) is 6.74. The summed E-state index contributed by atoms with van der Waals surface area (Å²) in [7, 11) is 2.53. The Morgan fingerprint density at radius 1 is 0.797 bits per heavy atom. The molecule has 0 spiro atoms. The smallest absolute Gasteiger partial charge is 0.407 e. The fourth-order valence-electron chi connectivity index (χ4n) is 11.5. The van der Waals surface area contributed by atoms with Crippen molar-refractivity contribution in [1.82, 2.24) is 25.1 Å². The average molecular weight is 887 g/mol. The van der Waals surface area contributed by atoms with Gasteiger partial charge in [0.1, 0.15) is 11.9 Å². The number of allylic oxidation sites excluding steroid dienone is 1. The summed E-state index contributed by atoms with van der Waals surface area (Å²) in [4.78, 5) is 68.7. The molecule has 3 aromatic rings. The van der Waals surface area contributed by atoms with Crippen LogP contribution in [0.4, 0.5) is 22.4 Å². The largest absolute Gasteiger partial charge is 0.469 e. The maximum Gasteiger partial charge on any atom is 0.407 e. The number of alkyl halides is 4. The Hall–Kier alpha value is -5.54. The van der Waals surface area contributed by atoms with E-state index in [0.29, 0.717) is 22.7 Å². The van der Waals surface area contributed by atoms with Gasteiger partial charge in [-0.05, 0) is 96.6 Å². The molecular weight excluding hydrogens is 833 g/mol. The molecule has 8 atom stereocenters. The second-order valence-electron chi connectivity index (χ2n) is 19.1. The van der Waals surface area contributed by atoms with Crippen molar-refractivity contribution in [1.29, 1.82) is 0 Å². The van der Waals surface area contributed by atoms with E-state index in [1.807, 2.05) is 32.6 Å². The summed E-state index contributed by atoms with van der Waals surface area (Å²) < 4.78 is 75.0. The molecule has 2 N–H and O–H groups in total. The van der Waals surface area contributed by atoms with Gasteiger partial charge in [0.15, 0.2) is 0 Å². The fourth-order valence-corrected chi connectivity index (χ4v) is 11.5. The second kappa shape index (κ2) is 16.2. The van der Waals surface area contributed by atoms with Crippen LogP contribution < -0.4 is 5.32 Å². The van der Waals surface area contributed by atoms with E-state index in [2.05, 4.69) is 15.3 Å². The number of imidazole rings is 1. The molecule has 4 fully saturated rings. The number of hydrogen-bond acceptors (Lipinski definition) is 8. The highest BCUT2D eigenvalue weighted by atomic mass is 19.3. The van der Waals surface area contributed by atoms with Gasteiger partial charge in [-0.25, -0.2) is 9.78 Å². The lowest BCUT2D eigenvalue weighted by Gasteiger charge is -2.38. The number of halogens is 4. The zero-order chi connectivity index (χ0) is 45.6. The molecule has 16 heteroatoms. The molecule has 0 radical (unpaired) electrons. The van der Waals surface area contributed by atoms with Crippen LogP contribution in [0.5, 0.6) is 0 Å². The number of likely N-dealkylation sites (tertiary alicyclic amines) is 2. The number of fused-ring (bicyclic) bond motifs is 7. The summed E-state index contributed by atoms with van der Waals surface area (Å²) >= 11 is 0. The normalized spacial score (nSPS) is 26.7. The predicted octanol–water partition coefficient (Wildman–Crippen LogP) is 8.77. The number of piperidine rings is 2. The molecule has 4 bridgehead atoms. The molecule has 3 aliphatic heterocycles.